The van der Waals surface area contributed by atoms with Crippen molar-refractivity contribution in [1.29, 1.82) is 0 Å². The molecule has 3 aromatic rings. The van der Waals surface area contributed by atoms with Gasteiger partial charge in [0.15, 0.2) is 4.80 Å². The molecule has 1 atom stereocenters. The Labute approximate surface area is 194 Å². The number of hydrogen-bond donors (Lipinski definition) is 1. The molecule has 33 heavy (non-hydrogen) atoms. The number of ether oxygens (including phenoxy) is 2. The molecule has 0 amide bonds. The van der Waals surface area contributed by atoms with Gasteiger partial charge >= 0.3 is 5.97 Å². The fraction of sp³-hybridized carbons (Fsp3) is 0.240. The molecular formula is C25H24N2O5S. The lowest BCUT2D eigenvalue weighted by atomic mass is 9.95. The van der Waals surface area contributed by atoms with E-state index in [0.717, 1.165) is 0 Å². The zero-order valence-corrected chi connectivity index (χ0v) is 19.6. The zero-order chi connectivity index (χ0) is 23.7. The fourth-order valence-corrected chi connectivity index (χ4v) is 4.87. The van der Waals surface area contributed by atoms with Gasteiger partial charge in [-0.2, -0.15) is 0 Å². The fourth-order valence-electron chi connectivity index (χ4n) is 3.82. The highest BCUT2D eigenvalue weighted by Crippen LogP contribution is 2.36. The predicted molar refractivity (Wildman–Crippen MR) is 126 cm³/mol. The second-order valence-corrected chi connectivity index (χ2v) is 8.88. The van der Waals surface area contributed by atoms with E-state index in [1.165, 1.54) is 23.0 Å². The molecule has 0 saturated carbocycles. The van der Waals surface area contributed by atoms with Crippen LogP contribution in [0.4, 0.5) is 0 Å². The van der Waals surface area contributed by atoms with E-state index in [1.54, 1.807) is 37.3 Å². The van der Waals surface area contributed by atoms with E-state index in [2.05, 4.69) is 4.99 Å². The smallest absolute Gasteiger partial charge is 0.338 e. The first-order chi connectivity index (χ1) is 15.8. The Hall–Kier alpha value is -3.65. The van der Waals surface area contributed by atoms with E-state index in [0.29, 0.717) is 31.9 Å². The van der Waals surface area contributed by atoms with Crippen molar-refractivity contribution in [3.05, 3.63) is 90.6 Å². The summed E-state index contributed by atoms with van der Waals surface area (Å²) >= 11 is 1.23. The third-order valence-corrected chi connectivity index (χ3v) is 6.15. The average molecular weight is 465 g/mol. The van der Waals surface area contributed by atoms with Gasteiger partial charge in [0, 0.05) is 5.56 Å². The lowest BCUT2D eigenvalue weighted by molar-refractivity contribution is -0.136. The number of methoxy groups -OCH3 is 1. The van der Waals surface area contributed by atoms with Crippen LogP contribution in [-0.4, -0.2) is 28.9 Å². The van der Waals surface area contributed by atoms with E-state index >= 15 is 0 Å². The van der Waals surface area contributed by atoms with Gasteiger partial charge in [-0.15, -0.1) is 0 Å². The summed E-state index contributed by atoms with van der Waals surface area (Å²) in [6.45, 7) is 5.57. The number of para-hydroxylation sites is 1. The minimum atomic E-state index is -0.755. The first-order valence-corrected chi connectivity index (χ1v) is 11.3. The Morgan fingerprint density at radius 1 is 1.21 bits per heavy atom. The maximum absolute atomic E-state index is 13.6. The molecule has 1 aliphatic rings. The molecule has 2 heterocycles. The summed E-state index contributed by atoms with van der Waals surface area (Å²) in [5.41, 5.74) is 1.83. The van der Waals surface area contributed by atoms with Crippen molar-refractivity contribution in [3.8, 4) is 11.5 Å². The second-order valence-electron chi connectivity index (χ2n) is 7.87. The molecule has 7 nitrogen and oxygen atoms in total. The molecule has 1 unspecified atom stereocenters. The Morgan fingerprint density at radius 3 is 2.67 bits per heavy atom. The van der Waals surface area contributed by atoms with Crippen LogP contribution in [0.25, 0.3) is 6.08 Å². The number of aromatic hydroxyl groups is 1. The maximum Gasteiger partial charge on any atom is 0.338 e. The van der Waals surface area contributed by atoms with E-state index in [-0.39, 0.29) is 23.0 Å². The van der Waals surface area contributed by atoms with Crippen molar-refractivity contribution in [2.75, 3.05) is 7.11 Å². The Kier molecular flexibility index (Phi) is 6.20. The van der Waals surface area contributed by atoms with Crippen molar-refractivity contribution in [3.63, 3.8) is 0 Å². The lowest BCUT2D eigenvalue weighted by Crippen LogP contribution is -2.40. The molecular weight excluding hydrogens is 440 g/mol. The van der Waals surface area contributed by atoms with Crippen LogP contribution in [0.3, 0.4) is 0 Å². The van der Waals surface area contributed by atoms with Crippen molar-refractivity contribution >= 4 is 23.4 Å². The first-order valence-electron chi connectivity index (χ1n) is 10.5. The number of allylic oxidation sites excluding steroid dienone is 1. The molecule has 0 saturated heterocycles. The third kappa shape index (κ3) is 4.34. The van der Waals surface area contributed by atoms with Crippen LogP contribution in [0, 0.1) is 0 Å². The highest BCUT2D eigenvalue weighted by atomic mass is 32.1. The summed E-state index contributed by atoms with van der Waals surface area (Å²) in [6, 6.07) is 13.3. The molecule has 1 aromatic heterocycles. The summed E-state index contributed by atoms with van der Waals surface area (Å²) in [5.74, 6) is 0.136. The van der Waals surface area contributed by atoms with Crippen molar-refractivity contribution in [2.45, 2.75) is 32.9 Å². The molecule has 0 bridgehead atoms. The molecule has 2 aromatic carbocycles. The van der Waals surface area contributed by atoms with E-state index in [9.17, 15) is 14.7 Å². The number of carbonyl (C=O) groups is 1. The highest BCUT2D eigenvalue weighted by Gasteiger charge is 2.34. The normalized spacial score (nSPS) is 15.9. The number of aromatic nitrogens is 1. The molecule has 0 fully saturated rings. The van der Waals surface area contributed by atoms with Crippen LogP contribution in [0.15, 0.2) is 69.6 Å². The van der Waals surface area contributed by atoms with Crippen LogP contribution in [-0.2, 0) is 9.53 Å². The zero-order valence-electron chi connectivity index (χ0n) is 18.7. The number of fused-ring (bicyclic) bond motifs is 1. The summed E-state index contributed by atoms with van der Waals surface area (Å²) in [6.07, 6.45) is 1.60. The SMILES string of the molecule is COC(=O)C1=C(C)N=c2s/c(=C\c3cccc(O)c3)c(=O)n2C1c1ccccc1OC(C)C. The van der Waals surface area contributed by atoms with Gasteiger partial charge in [-0.1, -0.05) is 41.7 Å². The number of esters is 1. The molecule has 0 spiro atoms. The number of phenolic OH excluding ortho intramolecular Hbond substituents is 1. The number of carbonyl (C=O) groups excluding carboxylic acids is 1. The van der Waals surface area contributed by atoms with Gasteiger partial charge in [0.05, 0.1) is 29.0 Å². The molecule has 170 valence electrons. The molecule has 1 aliphatic heterocycles. The molecule has 0 radical (unpaired) electrons. The van der Waals surface area contributed by atoms with Crippen LogP contribution >= 0.6 is 11.3 Å². The number of thiazole rings is 1. The third-order valence-electron chi connectivity index (χ3n) is 5.17. The molecule has 4 rings (SSSR count). The molecule has 8 heteroatoms. The first kappa shape index (κ1) is 22.5. The second kappa shape index (κ2) is 9.07. The van der Waals surface area contributed by atoms with Crippen LogP contribution in [0.2, 0.25) is 0 Å². The van der Waals surface area contributed by atoms with Crippen LogP contribution in [0.5, 0.6) is 11.5 Å². The van der Waals surface area contributed by atoms with Crippen molar-refractivity contribution in [1.82, 2.24) is 4.57 Å². The maximum atomic E-state index is 13.6. The summed E-state index contributed by atoms with van der Waals surface area (Å²) in [5, 5.41) is 9.78. The Bertz CT molecular complexity index is 1430. The predicted octanol–water partition coefficient (Wildman–Crippen LogP) is 2.90. The standard InChI is InChI=1S/C25H24N2O5S/c1-14(2)32-19-11-6-5-10-18(19)22-21(24(30)31-4)15(3)26-25-27(22)23(29)20(33-25)13-16-8-7-9-17(28)12-16/h5-14,22,28H,1-4H3/b20-13-. The Morgan fingerprint density at radius 2 is 1.97 bits per heavy atom. The van der Waals surface area contributed by atoms with E-state index < -0.39 is 12.0 Å². The van der Waals surface area contributed by atoms with Gasteiger partial charge in [0.1, 0.15) is 17.5 Å². The van der Waals surface area contributed by atoms with E-state index in [4.69, 9.17) is 9.47 Å². The minimum Gasteiger partial charge on any atom is -0.508 e. The minimum absolute atomic E-state index is 0.0978. The topological polar surface area (TPSA) is 90.1 Å². The number of nitrogens with zero attached hydrogens (tertiary/aromatic N) is 2. The van der Waals surface area contributed by atoms with Gasteiger partial charge in [0.2, 0.25) is 0 Å². The number of benzene rings is 2. The summed E-state index contributed by atoms with van der Waals surface area (Å²) in [4.78, 5) is 31.4. The largest absolute Gasteiger partial charge is 0.508 e. The number of hydrogen-bond acceptors (Lipinski definition) is 7. The lowest BCUT2D eigenvalue weighted by Gasteiger charge is -2.26. The molecule has 1 N–H and O–H groups in total. The van der Waals surface area contributed by atoms with Gasteiger partial charge in [-0.3, -0.25) is 9.36 Å². The molecule has 0 aliphatic carbocycles. The van der Waals surface area contributed by atoms with Gasteiger partial charge in [-0.25, -0.2) is 9.79 Å². The highest BCUT2D eigenvalue weighted by molar-refractivity contribution is 7.07. The van der Waals surface area contributed by atoms with Crippen molar-refractivity contribution in [2.24, 2.45) is 4.99 Å². The van der Waals surface area contributed by atoms with Crippen LogP contribution in [0.1, 0.15) is 37.9 Å². The quantitative estimate of drug-likeness (QED) is 0.587. The average Bonchev–Trinajstić information content (AvgIpc) is 3.07. The van der Waals surface area contributed by atoms with Gasteiger partial charge in [0.25, 0.3) is 5.56 Å². The van der Waals surface area contributed by atoms with Gasteiger partial charge in [-0.05, 0) is 50.6 Å². The van der Waals surface area contributed by atoms with Crippen molar-refractivity contribution < 1.29 is 19.4 Å². The number of rotatable bonds is 5. The van der Waals surface area contributed by atoms with E-state index in [1.807, 2.05) is 38.1 Å². The number of phenols is 1. The summed E-state index contributed by atoms with van der Waals surface area (Å²) < 4.78 is 13.0. The summed E-state index contributed by atoms with van der Waals surface area (Å²) in [7, 11) is 1.31. The Balaban J connectivity index is 2.00. The van der Waals surface area contributed by atoms with Gasteiger partial charge < -0.3 is 14.6 Å². The van der Waals surface area contributed by atoms with Crippen LogP contribution < -0.4 is 19.6 Å². The monoisotopic (exact) mass is 464 g/mol.